The summed E-state index contributed by atoms with van der Waals surface area (Å²) in [5.74, 6) is 0.802. The number of hydrogen-bond acceptors (Lipinski definition) is 1. The van der Waals surface area contributed by atoms with Crippen molar-refractivity contribution in [2.45, 2.75) is 45.2 Å². The Morgan fingerprint density at radius 2 is 1.82 bits per heavy atom. The molecule has 1 fully saturated rings. The molecule has 0 N–H and O–H groups in total. The first-order valence-electron chi connectivity index (χ1n) is 4.57. The van der Waals surface area contributed by atoms with E-state index in [1.165, 1.54) is 19.4 Å². The number of alkyl halides is 1. The minimum atomic E-state index is 0.785. The van der Waals surface area contributed by atoms with Crippen molar-refractivity contribution in [3.63, 3.8) is 0 Å². The number of nitrogens with zero attached hydrogens (tertiary/aromatic N) is 1. The molecule has 66 valence electrons. The maximum atomic E-state index is 5.65. The third-order valence-corrected chi connectivity index (χ3v) is 2.95. The van der Waals surface area contributed by atoms with Crippen molar-refractivity contribution in [3.05, 3.63) is 0 Å². The van der Waals surface area contributed by atoms with Gasteiger partial charge in [0, 0.05) is 18.0 Å². The minimum Gasteiger partial charge on any atom is -0.298 e. The molecule has 1 rings (SSSR count). The summed E-state index contributed by atoms with van der Waals surface area (Å²) in [7, 11) is 0. The zero-order valence-corrected chi connectivity index (χ0v) is 8.27. The molecule has 0 radical (unpaired) electrons. The van der Waals surface area contributed by atoms with Gasteiger partial charge in [0.15, 0.2) is 0 Å². The molecule has 0 aromatic rings. The van der Waals surface area contributed by atoms with Gasteiger partial charge in [-0.15, -0.1) is 11.6 Å². The van der Waals surface area contributed by atoms with Gasteiger partial charge in [-0.1, -0.05) is 0 Å². The van der Waals surface area contributed by atoms with Crippen molar-refractivity contribution in [1.29, 1.82) is 0 Å². The van der Waals surface area contributed by atoms with Crippen LogP contribution in [0.3, 0.4) is 0 Å². The predicted molar refractivity (Wildman–Crippen MR) is 50.2 cm³/mol. The fraction of sp³-hybridized carbons (Fsp3) is 1.00. The van der Waals surface area contributed by atoms with Crippen LogP contribution in [0.4, 0.5) is 0 Å². The Morgan fingerprint density at radius 1 is 1.27 bits per heavy atom. The molecular weight excluding hydrogens is 158 g/mol. The van der Waals surface area contributed by atoms with Gasteiger partial charge in [0.05, 0.1) is 0 Å². The molecule has 0 bridgehead atoms. The lowest BCUT2D eigenvalue weighted by Gasteiger charge is -2.25. The molecule has 1 heterocycles. The lowest BCUT2D eigenvalue weighted by Crippen LogP contribution is -2.33. The van der Waals surface area contributed by atoms with E-state index in [4.69, 9.17) is 11.6 Å². The number of hydrogen-bond donors (Lipinski definition) is 0. The lowest BCUT2D eigenvalue weighted by molar-refractivity contribution is 0.215. The first-order valence-corrected chi connectivity index (χ1v) is 5.11. The summed E-state index contributed by atoms with van der Waals surface area (Å²) in [6, 6.07) is 1.57. The molecule has 0 unspecified atom stereocenters. The van der Waals surface area contributed by atoms with Gasteiger partial charge in [0.1, 0.15) is 0 Å². The van der Waals surface area contributed by atoms with Crippen LogP contribution in [-0.2, 0) is 0 Å². The largest absolute Gasteiger partial charge is 0.298 e. The highest BCUT2D eigenvalue weighted by Gasteiger charge is 2.25. The van der Waals surface area contributed by atoms with Gasteiger partial charge in [0.2, 0.25) is 0 Å². The van der Waals surface area contributed by atoms with Crippen molar-refractivity contribution in [1.82, 2.24) is 4.90 Å². The second-order valence-corrected chi connectivity index (χ2v) is 3.93. The maximum Gasteiger partial charge on any atom is 0.0235 e. The van der Waals surface area contributed by atoms with Crippen LogP contribution < -0.4 is 0 Å². The zero-order chi connectivity index (χ0) is 8.27. The molecule has 0 amide bonds. The lowest BCUT2D eigenvalue weighted by atomic mass is 10.2. The highest BCUT2D eigenvalue weighted by atomic mass is 35.5. The van der Waals surface area contributed by atoms with E-state index in [1.54, 1.807) is 0 Å². The quantitative estimate of drug-likeness (QED) is 0.596. The van der Waals surface area contributed by atoms with Crippen molar-refractivity contribution in [3.8, 4) is 0 Å². The minimum absolute atomic E-state index is 0.785. The highest BCUT2D eigenvalue weighted by molar-refractivity contribution is 6.17. The maximum absolute atomic E-state index is 5.65. The number of halogens is 1. The standard InChI is InChI=1S/C9H18ClN/c1-8-4-5-9(2)11(8)7-3-6-10/h8-9H,3-7H2,1-2H3/t8-,9-/m0/s1. The van der Waals surface area contributed by atoms with Crippen LogP contribution in [0.5, 0.6) is 0 Å². The Kier molecular flexibility index (Phi) is 3.67. The Hall–Kier alpha value is 0.250. The summed E-state index contributed by atoms with van der Waals surface area (Å²) in [6.07, 6.45) is 3.86. The van der Waals surface area contributed by atoms with Crippen molar-refractivity contribution >= 4 is 11.6 Å². The summed E-state index contributed by atoms with van der Waals surface area (Å²) in [5.41, 5.74) is 0. The molecule has 0 saturated carbocycles. The molecular formula is C9H18ClN. The van der Waals surface area contributed by atoms with Crippen LogP contribution >= 0.6 is 11.6 Å². The fourth-order valence-corrected chi connectivity index (χ4v) is 2.05. The van der Waals surface area contributed by atoms with E-state index in [0.717, 1.165) is 24.4 Å². The zero-order valence-electron chi connectivity index (χ0n) is 7.52. The molecule has 2 heteroatoms. The van der Waals surface area contributed by atoms with Gasteiger partial charge >= 0.3 is 0 Å². The van der Waals surface area contributed by atoms with E-state index in [0.29, 0.717) is 0 Å². The molecule has 0 aromatic carbocycles. The third-order valence-electron chi connectivity index (χ3n) is 2.68. The first kappa shape index (κ1) is 9.34. The average Bonchev–Trinajstić information content (AvgIpc) is 2.29. The van der Waals surface area contributed by atoms with Crippen LogP contribution in [-0.4, -0.2) is 29.4 Å². The topological polar surface area (TPSA) is 3.24 Å². The number of rotatable bonds is 3. The molecule has 0 spiro atoms. The highest BCUT2D eigenvalue weighted by Crippen LogP contribution is 2.23. The second-order valence-electron chi connectivity index (χ2n) is 3.56. The smallest absolute Gasteiger partial charge is 0.0235 e. The molecule has 1 nitrogen and oxygen atoms in total. The monoisotopic (exact) mass is 175 g/mol. The van der Waals surface area contributed by atoms with E-state index in [-0.39, 0.29) is 0 Å². The Morgan fingerprint density at radius 3 is 2.27 bits per heavy atom. The SMILES string of the molecule is C[C@H]1CC[C@H](C)N1CCCCl. The van der Waals surface area contributed by atoms with Gasteiger partial charge in [-0.05, 0) is 39.7 Å². The van der Waals surface area contributed by atoms with Gasteiger partial charge in [-0.2, -0.15) is 0 Å². The summed E-state index contributed by atoms with van der Waals surface area (Å²) < 4.78 is 0. The summed E-state index contributed by atoms with van der Waals surface area (Å²) in [6.45, 7) is 5.82. The molecule has 2 atom stereocenters. The predicted octanol–water partition coefficient (Wildman–Crippen LogP) is 2.49. The second kappa shape index (κ2) is 4.32. The molecule has 1 saturated heterocycles. The van der Waals surface area contributed by atoms with E-state index in [2.05, 4.69) is 18.7 Å². The summed E-state index contributed by atoms with van der Waals surface area (Å²) in [4.78, 5) is 2.57. The van der Waals surface area contributed by atoms with Crippen LogP contribution in [0, 0.1) is 0 Å². The van der Waals surface area contributed by atoms with Crippen LogP contribution in [0.1, 0.15) is 33.1 Å². The molecule has 11 heavy (non-hydrogen) atoms. The Bertz CT molecular complexity index is 106. The third kappa shape index (κ3) is 2.34. The normalized spacial score (nSPS) is 33.0. The molecule has 1 aliphatic heterocycles. The van der Waals surface area contributed by atoms with Gasteiger partial charge in [0.25, 0.3) is 0 Å². The fourth-order valence-electron chi connectivity index (χ4n) is 1.93. The van der Waals surface area contributed by atoms with Crippen LogP contribution in [0.2, 0.25) is 0 Å². The van der Waals surface area contributed by atoms with E-state index >= 15 is 0 Å². The molecule has 0 aromatic heterocycles. The first-order chi connectivity index (χ1) is 5.25. The van der Waals surface area contributed by atoms with Crippen molar-refractivity contribution < 1.29 is 0 Å². The van der Waals surface area contributed by atoms with Crippen molar-refractivity contribution in [2.75, 3.05) is 12.4 Å². The Balaban J connectivity index is 2.29. The van der Waals surface area contributed by atoms with Gasteiger partial charge in [-0.25, -0.2) is 0 Å². The molecule has 0 aliphatic carbocycles. The van der Waals surface area contributed by atoms with E-state index < -0.39 is 0 Å². The van der Waals surface area contributed by atoms with E-state index in [1.807, 2.05) is 0 Å². The average molecular weight is 176 g/mol. The van der Waals surface area contributed by atoms with Crippen molar-refractivity contribution in [2.24, 2.45) is 0 Å². The summed E-state index contributed by atoms with van der Waals surface area (Å²) in [5, 5.41) is 0. The van der Waals surface area contributed by atoms with Gasteiger partial charge in [-0.3, -0.25) is 4.90 Å². The summed E-state index contributed by atoms with van der Waals surface area (Å²) >= 11 is 5.65. The number of likely N-dealkylation sites (tertiary alicyclic amines) is 1. The Labute approximate surface area is 74.7 Å². The van der Waals surface area contributed by atoms with Crippen LogP contribution in [0.15, 0.2) is 0 Å². The van der Waals surface area contributed by atoms with E-state index in [9.17, 15) is 0 Å². The molecule has 1 aliphatic rings. The van der Waals surface area contributed by atoms with Gasteiger partial charge < -0.3 is 0 Å². The van der Waals surface area contributed by atoms with Crippen LogP contribution in [0.25, 0.3) is 0 Å².